The van der Waals surface area contributed by atoms with E-state index in [0.29, 0.717) is 22.8 Å². The number of carbonyl (C=O) groups excluding carboxylic acids is 1. The van der Waals surface area contributed by atoms with Crippen LogP contribution in [0.4, 0.5) is 4.39 Å². The number of aromatic nitrogens is 1. The van der Waals surface area contributed by atoms with Crippen LogP contribution >= 0.6 is 11.6 Å². The number of benzene rings is 3. The minimum atomic E-state index is -1.07. The Morgan fingerprint density at radius 2 is 1.83 bits per heavy atom. The SMILES string of the molecule is CCCCc1cc(F)cc([C@H](C)NC(=O)c2ccc3c(Cc4ccc(Cl)c(O[C@@H](C)C(=O)O)c4)c(C)n(C)c3c2)c1. The molecule has 2 atom stereocenters. The molecule has 0 unspecified atom stereocenters. The molecule has 216 valence electrons. The van der Waals surface area contributed by atoms with Gasteiger partial charge in [-0.1, -0.05) is 43.1 Å². The second kappa shape index (κ2) is 12.8. The molecule has 2 N–H and O–H groups in total. The van der Waals surface area contributed by atoms with E-state index in [9.17, 15) is 19.1 Å². The molecule has 0 radical (unpaired) electrons. The fourth-order valence-electron chi connectivity index (χ4n) is 5.01. The van der Waals surface area contributed by atoms with E-state index in [1.165, 1.54) is 13.0 Å². The zero-order valence-electron chi connectivity index (χ0n) is 24.1. The van der Waals surface area contributed by atoms with Crippen molar-refractivity contribution in [2.75, 3.05) is 0 Å². The number of carboxylic acid groups (broad SMARTS) is 1. The van der Waals surface area contributed by atoms with E-state index in [2.05, 4.69) is 16.8 Å². The first kappa shape index (κ1) is 30.1. The first-order chi connectivity index (χ1) is 19.5. The predicted molar refractivity (Wildman–Crippen MR) is 161 cm³/mol. The van der Waals surface area contributed by atoms with Gasteiger partial charge in [-0.05, 0) is 98.7 Å². The van der Waals surface area contributed by atoms with Crippen LogP contribution < -0.4 is 10.1 Å². The summed E-state index contributed by atoms with van der Waals surface area (Å²) < 4.78 is 21.9. The van der Waals surface area contributed by atoms with Crippen molar-refractivity contribution in [3.8, 4) is 5.75 Å². The summed E-state index contributed by atoms with van der Waals surface area (Å²) >= 11 is 6.26. The summed E-state index contributed by atoms with van der Waals surface area (Å²) in [6.07, 6.45) is 2.36. The van der Waals surface area contributed by atoms with Crippen molar-refractivity contribution in [1.29, 1.82) is 0 Å². The normalized spacial score (nSPS) is 12.8. The van der Waals surface area contributed by atoms with Gasteiger partial charge in [0, 0.05) is 29.2 Å². The third-order valence-corrected chi connectivity index (χ3v) is 7.87. The molecule has 1 heterocycles. The number of carboxylic acids is 1. The van der Waals surface area contributed by atoms with Crippen LogP contribution in [0.5, 0.6) is 5.75 Å². The minimum Gasteiger partial charge on any atom is -0.479 e. The number of nitrogens with zero attached hydrogens (tertiary/aromatic N) is 1. The van der Waals surface area contributed by atoms with Crippen LogP contribution in [0.2, 0.25) is 5.02 Å². The van der Waals surface area contributed by atoms with Gasteiger partial charge in [-0.3, -0.25) is 4.79 Å². The summed E-state index contributed by atoms with van der Waals surface area (Å²) in [6.45, 7) is 7.44. The van der Waals surface area contributed by atoms with Gasteiger partial charge in [0.25, 0.3) is 5.91 Å². The van der Waals surface area contributed by atoms with Gasteiger partial charge >= 0.3 is 5.97 Å². The number of halogens is 2. The molecule has 0 spiro atoms. The second-order valence-electron chi connectivity index (χ2n) is 10.6. The van der Waals surface area contributed by atoms with Crippen molar-refractivity contribution >= 4 is 34.4 Å². The molecule has 0 aliphatic heterocycles. The van der Waals surface area contributed by atoms with E-state index in [-0.39, 0.29) is 17.8 Å². The highest BCUT2D eigenvalue weighted by Gasteiger charge is 2.19. The highest BCUT2D eigenvalue weighted by Crippen LogP contribution is 2.32. The van der Waals surface area contributed by atoms with Gasteiger partial charge in [0.05, 0.1) is 11.1 Å². The minimum absolute atomic E-state index is 0.230. The van der Waals surface area contributed by atoms with Crippen LogP contribution in [0.3, 0.4) is 0 Å². The average Bonchev–Trinajstić information content (AvgIpc) is 3.17. The number of hydrogen-bond acceptors (Lipinski definition) is 3. The Kier molecular flexibility index (Phi) is 9.38. The molecule has 41 heavy (non-hydrogen) atoms. The highest BCUT2D eigenvalue weighted by molar-refractivity contribution is 6.32. The first-order valence-electron chi connectivity index (χ1n) is 13.8. The summed E-state index contributed by atoms with van der Waals surface area (Å²) in [7, 11) is 1.96. The molecule has 0 fully saturated rings. The van der Waals surface area contributed by atoms with Gasteiger partial charge in [0.2, 0.25) is 0 Å². The summed E-state index contributed by atoms with van der Waals surface area (Å²) in [4.78, 5) is 24.5. The number of aryl methyl sites for hydroxylation is 2. The standard InChI is InChI=1S/C33H36ClFN2O4/c1-6-7-8-22-13-25(17-26(35)14-22)19(2)36-32(38)24-10-11-27-28(20(3)37(5)30(27)18-24)15-23-9-12-29(34)31(16-23)41-21(4)33(39)40/h9-14,16-19,21H,6-8,15H2,1-5H3,(H,36,38)(H,39,40)/t19-,21-/m0/s1. The number of ether oxygens (including phenoxy) is 1. The van der Waals surface area contributed by atoms with Crippen LogP contribution in [0, 0.1) is 12.7 Å². The lowest BCUT2D eigenvalue weighted by Crippen LogP contribution is -2.26. The Balaban J connectivity index is 1.56. The number of hydrogen-bond donors (Lipinski definition) is 2. The Hall–Kier alpha value is -3.84. The van der Waals surface area contributed by atoms with Crippen LogP contribution in [0.1, 0.15) is 78.0 Å². The second-order valence-corrected chi connectivity index (χ2v) is 11.0. The third kappa shape index (κ3) is 6.91. The Morgan fingerprint density at radius 1 is 1.07 bits per heavy atom. The molecule has 0 aliphatic rings. The first-order valence-corrected chi connectivity index (χ1v) is 14.2. The van der Waals surface area contributed by atoms with Gasteiger partial charge in [-0.15, -0.1) is 0 Å². The summed E-state index contributed by atoms with van der Waals surface area (Å²) in [5.41, 5.74) is 6.16. The number of rotatable bonds is 11. The van der Waals surface area contributed by atoms with Crippen LogP contribution in [0.25, 0.3) is 10.9 Å². The maximum Gasteiger partial charge on any atom is 0.344 e. The molecule has 0 saturated heterocycles. The smallest absolute Gasteiger partial charge is 0.344 e. The van der Waals surface area contributed by atoms with Crippen LogP contribution in [-0.4, -0.2) is 27.7 Å². The summed E-state index contributed by atoms with van der Waals surface area (Å²) in [5, 5.41) is 13.6. The summed E-state index contributed by atoms with van der Waals surface area (Å²) in [5.74, 6) is -1.27. The molecule has 4 aromatic rings. The number of aliphatic carboxylic acids is 1. The van der Waals surface area contributed by atoms with Crippen molar-refractivity contribution in [2.24, 2.45) is 7.05 Å². The average molecular weight is 579 g/mol. The zero-order valence-corrected chi connectivity index (χ0v) is 24.8. The van der Waals surface area contributed by atoms with Gasteiger partial charge in [-0.2, -0.15) is 0 Å². The Bertz CT molecular complexity index is 1600. The van der Waals surface area contributed by atoms with Crippen molar-refractivity contribution in [3.05, 3.63) is 98.9 Å². The van der Waals surface area contributed by atoms with Crippen LogP contribution in [-0.2, 0) is 24.7 Å². The molecule has 0 saturated carbocycles. The molecule has 3 aromatic carbocycles. The van der Waals surface area contributed by atoms with E-state index in [0.717, 1.165) is 58.1 Å². The third-order valence-electron chi connectivity index (χ3n) is 7.56. The predicted octanol–water partition coefficient (Wildman–Crippen LogP) is 7.56. The molecule has 0 aliphatic carbocycles. The lowest BCUT2D eigenvalue weighted by molar-refractivity contribution is -0.144. The molecule has 1 aromatic heterocycles. The van der Waals surface area contributed by atoms with E-state index in [1.54, 1.807) is 24.3 Å². The largest absolute Gasteiger partial charge is 0.479 e. The Labute approximate surface area is 245 Å². The highest BCUT2D eigenvalue weighted by atomic mass is 35.5. The topological polar surface area (TPSA) is 80.6 Å². The van der Waals surface area contributed by atoms with Crippen molar-refractivity contribution < 1.29 is 23.8 Å². The van der Waals surface area contributed by atoms with Crippen molar-refractivity contribution in [1.82, 2.24) is 9.88 Å². The van der Waals surface area contributed by atoms with E-state index in [1.807, 2.05) is 45.2 Å². The van der Waals surface area contributed by atoms with E-state index < -0.39 is 12.1 Å². The summed E-state index contributed by atoms with van der Waals surface area (Å²) in [6, 6.07) is 15.6. The quantitative estimate of drug-likeness (QED) is 0.192. The van der Waals surface area contributed by atoms with E-state index in [4.69, 9.17) is 16.3 Å². The number of nitrogens with one attached hydrogen (secondary N) is 1. The molecule has 8 heteroatoms. The van der Waals surface area contributed by atoms with Gasteiger partial charge in [-0.25, -0.2) is 9.18 Å². The molecule has 6 nitrogen and oxygen atoms in total. The number of carbonyl (C=O) groups is 2. The maximum absolute atomic E-state index is 14.3. The monoisotopic (exact) mass is 578 g/mol. The Morgan fingerprint density at radius 3 is 2.54 bits per heavy atom. The maximum atomic E-state index is 14.3. The molecule has 1 amide bonds. The lowest BCUT2D eigenvalue weighted by Gasteiger charge is -2.16. The molecular formula is C33H36ClFN2O4. The fourth-order valence-corrected chi connectivity index (χ4v) is 5.18. The molecular weight excluding hydrogens is 543 g/mol. The van der Waals surface area contributed by atoms with E-state index >= 15 is 0 Å². The van der Waals surface area contributed by atoms with Gasteiger partial charge in [0.1, 0.15) is 11.6 Å². The number of amides is 1. The van der Waals surface area contributed by atoms with Gasteiger partial charge < -0.3 is 19.7 Å². The zero-order chi connectivity index (χ0) is 29.8. The van der Waals surface area contributed by atoms with Gasteiger partial charge in [0.15, 0.2) is 6.10 Å². The lowest BCUT2D eigenvalue weighted by atomic mass is 10.00. The van der Waals surface area contributed by atoms with Crippen LogP contribution in [0.15, 0.2) is 54.6 Å². The number of unbranched alkanes of at least 4 members (excludes halogenated alkanes) is 1. The molecule has 0 bridgehead atoms. The van der Waals surface area contributed by atoms with Crippen molar-refractivity contribution in [2.45, 2.75) is 65.5 Å². The molecule has 4 rings (SSSR count). The number of fused-ring (bicyclic) bond motifs is 1. The van der Waals surface area contributed by atoms with Crippen molar-refractivity contribution in [3.63, 3.8) is 0 Å². The fraction of sp³-hybridized carbons (Fsp3) is 0.333.